The minimum atomic E-state index is 0.394. The van der Waals surface area contributed by atoms with E-state index in [1.165, 1.54) is 22.3 Å². The lowest BCUT2D eigenvalue weighted by Crippen LogP contribution is -3.14. The van der Waals surface area contributed by atoms with Gasteiger partial charge in [0.15, 0.2) is 0 Å². The fraction of sp³-hybridized carbons (Fsp3) is 0.296. The van der Waals surface area contributed by atoms with Crippen molar-refractivity contribution in [1.29, 1.82) is 0 Å². The lowest BCUT2D eigenvalue weighted by atomic mass is 10.0. The third-order valence-electron chi connectivity index (χ3n) is 6.73. The van der Waals surface area contributed by atoms with Gasteiger partial charge >= 0.3 is 0 Å². The molecule has 0 atom stereocenters. The van der Waals surface area contributed by atoms with Crippen molar-refractivity contribution >= 4 is 6.21 Å². The molecule has 6 heteroatoms. The van der Waals surface area contributed by atoms with Gasteiger partial charge in [-0.3, -0.25) is 5.01 Å². The first-order valence-electron chi connectivity index (χ1n) is 11.3. The standard InChI is InChI=1S/C27H29N3O3/c1-31-19-16-25(32-2)24(26(17-19)33-3)18-28-30-14-12-29(13-15-30)27-22-10-6-4-8-20(22)21-9-5-7-11-23(21)27/h4-11,16-18,27H,12-15H2,1-3H3/p+1/b28-18+. The number of benzene rings is 3. The number of quaternary nitrogens is 1. The van der Waals surface area contributed by atoms with Gasteiger partial charge in [0.25, 0.3) is 0 Å². The van der Waals surface area contributed by atoms with Crippen LogP contribution in [0.3, 0.4) is 0 Å². The number of nitrogens with one attached hydrogen (secondary N) is 1. The molecular formula is C27H30N3O3+. The molecule has 1 N–H and O–H groups in total. The van der Waals surface area contributed by atoms with Gasteiger partial charge in [0.05, 0.1) is 59.3 Å². The van der Waals surface area contributed by atoms with E-state index in [-0.39, 0.29) is 0 Å². The van der Waals surface area contributed by atoms with Gasteiger partial charge in [0, 0.05) is 23.3 Å². The van der Waals surface area contributed by atoms with Crippen LogP contribution in [0.15, 0.2) is 65.8 Å². The fourth-order valence-electron chi connectivity index (χ4n) is 5.08. The monoisotopic (exact) mass is 444 g/mol. The minimum Gasteiger partial charge on any atom is -0.496 e. The summed E-state index contributed by atoms with van der Waals surface area (Å²) in [6.07, 6.45) is 1.84. The largest absolute Gasteiger partial charge is 0.496 e. The average molecular weight is 445 g/mol. The Morgan fingerprint density at radius 1 is 0.818 bits per heavy atom. The van der Waals surface area contributed by atoms with Crippen LogP contribution in [0.25, 0.3) is 11.1 Å². The summed E-state index contributed by atoms with van der Waals surface area (Å²) in [6.45, 7) is 3.85. The zero-order valence-electron chi connectivity index (χ0n) is 19.4. The van der Waals surface area contributed by atoms with Crippen LogP contribution < -0.4 is 19.1 Å². The molecular weight excluding hydrogens is 414 g/mol. The maximum atomic E-state index is 5.55. The highest BCUT2D eigenvalue weighted by Gasteiger charge is 2.37. The van der Waals surface area contributed by atoms with Gasteiger partial charge in [-0.2, -0.15) is 5.10 Å². The van der Waals surface area contributed by atoms with Gasteiger partial charge < -0.3 is 19.1 Å². The molecule has 33 heavy (non-hydrogen) atoms. The number of nitrogens with zero attached hydrogens (tertiary/aromatic N) is 2. The highest BCUT2D eigenvalue weighted by atomic mass is 16.5. The van der Waals surface area contributed by atoms with E-state index < -0.39 is 0 Å². The van der Waals surface area contributed by atoms with Crippen molar-refractivity contribution in [3.05, 3.63) is 77.4 Å². The fourth-order valence-corrected chi connectivity index (χ4v) is 5.08. The van der Waals surface area contributed by atoms with Crippen molar-refractivity contribution in [3.63, 3.8) is 0 Å². The van der Waals surface area contributed by atoms with Crippen LogP contribution in [0.4, 0.5) is 0 Å². The SMILES string of the molecule is COc1cc(OC)c(/C=N/N2CC[NH+](C3c4ccccc4-c4ccccc43)CC2)c(OC)c1. The number of hydrogen-bond donors (Lipinski definition) is 1. The maximum Gasteiger partial charge on any atom is 0.140 e. The van der Waals surface area contributed by atoms with E-state index in [0.717, 1.165) is 31.7 Å². The molecule has 1 aliphatic carbocycles. The molecule has 0 unspecified atom stereocenters. The molecule has 0 bridgehead atoms. The van der Waals surface area contributed by atoms with Gasteiger partial charge in [-0.1, -0.05) is 48.5 Å². The summed E-state index contributed by atoms with van der Waals surface area (Å²) in [4.78, 5) is 1.60. The van der Waals surface area contributed by atoms with Crippen LogP contribution >= 0.6 is 0 Å². The number of hydrazone groups is 1. The molecule has 0 saturated carbocycles. The lowest BCUT2D eigenvalue weighted by Gasteiger charge is -2.34. The van der Waals surface area contributed by atoms with Gasteiger partial charge in [0.2, 0.25) is 0 Å². The number of piperazine rings is 1. The molecule has 170 valence electrons. The summed E-state index contributed by atoms with van der Waals surface area (Å²) in [5.41, 5.74) is 6.46. The van der Waals surface area contributed by atoms with Crippen LogP contribution in [-0.4, -0.2) is 58.7 Å². The first kappa shape index (κ1) is 21.3. The number of rotatable bonds is 6. The Morgan fingerprint density at radius 3 is 1.88 bits per heavy atom. The average Bonchev–Trinajstić information content (AvgIpc) is 3.21. The first-order chi connectivity index (χ1) is 16.2. The van der Waals surface area contributed by atoms with Gasteiger partial charge in [0.1, 0.15) is 23.3 Å². The predicted molar refractivity (Wildman–Crippen MR) is 130 cm³/mol. The molecule has 3 aromatic rings. The second kappa shape index (κ2) is 9.16. The molecule has 2 aliphatic rings. The molecule has 6 nitrogen and oxygen atoms in total. The Morgan fingerprint density at radius 2 is 1.36 bits per heavy atom. The van der Waals surface area contributed by atoms with Gasteiger partial charge in [-0.05, 0) is 11.1 Å². The van der Waals surface area contributed by atoms with Crippen molar-refractivity contribution in [2.75, 3.05) is 47.5 Å². The molecule has 1 heterocycles. The van der Waals surface area contributed by atoms with E-state index in [2.05, 4.69) is 53.5 Å². The quantitative estimate of drug-likeness (QED) is 0.594. The number of fused-ring (bicyclic) bond motifs is 3. The van der Waals surface area contributed by atoms with Crippen LogP contribution in [0.1, 0.15) is 22.7 Å². The Kier molecular flexibility index (Phi) is 5.92. The zero-order chi connectivity index (χ0) is 22.8. The highest BCUT2D eigenvalue weighted by Crippen LogP contribution is 2.41. The molecule has 1 fully saturated rings. The van der Waals surface area contributed by atoms with Crippen LogP contribution in [0.5, 0.6) is 17.2 Å². The molecule has 0 amide bonds. The van der Waals surface area contributed by atoms with E-state index in [9.17, 15) is 0 Å². The Labute approximate surface area is 195 Å². The summed E-state index contributed by atoms with van der Waals surface area (Å²) in [5.74, 6) is 2.05. The summed E-state index contributed by atoms with van der Waals surface area (Å²) in [7, 11) is 4.92. The summed E-state index contributed by atoms with van der Waals surface area (Å²) in [6, 6.07) is 21.8. The number of hydrogen-bond acceptors (Lipinski definition) is 5. The van der Waals surface area contributed by atoms with E-state index in [4.69, 9.17) is 19.3 Å². The Hall–Kier alpha value is -3.51. The molecule has 5 rings (SSSR count). The van der Waals surface area contributed by atoms with Gasteiger partial charge in [-0.25, -0.2) is 0 Å². The number of ether oxygens (including phenoxy) is 3. The predicted octanol–water partition coefficient (Wildman–Crippen LogP) is 3.02. The molecule has 1 saturated heterocycles. The van der Waals surface area contributed by atoms with Crippen LogP contribution in [-0.2, 0) is 0 Å². The van der Waals surface area contributed by atoms with E-state index in [0.29, 0.717) is 23.3 Å². The van der Waals surface area contributed by atoms with E-state index in [1.54, 1.807) is 26.2 Å². The molecule has 3 aromatic carbocycles. The summed E-state index contributed by atoms with van der Waals surface area (Å²) >= 11 is 0. The van der Waals surface area contributed by atoms with Crippen LogP contribution in [0, 0.1) is 0 Å². The van der Waals surface area contributed by atoms with E-state index >= 15 is 0 Å². The molecule has 0 radical (unpaired) electrons. The Balaban J connectivity index is 1.32. The van der Waals surface area contributed by atoms with Crippen molar-refractivity contribution in [2.24, 2.45) is 5.10 Å². The van der Waals surface area contributed by atoms with Crippen molar-refractivity contribution < 1.29 is 19.1 Å². The van der Waals surface area contributed by atoms with E-state index in [1.807, 2.05) is 18.3 Å². The lowest BCUT2D eigenvalue weighted by molar-refractivity contribution is -0.929. The zero-order valence-corrected chi connectivity index (χ0v) is 19.4. The second-order valence-electron chi connectivity index (χ2n) is 8.41. The molecule has 1 aliphatic heterocycles. The maximum absolute atomic E-state index is 5.55. The smallest absolute Gasteiger partial charge is 0.140 e. The molecule has 0 aromatic heterocycles. The third-order valence-corrected chi connectivity index (χ3v) is 6.73. The topological polar surface area (TPSA) is 47.7 Å². The molecule has 0 spiro atoms. The minimum absolute atomic E-state index is 0.394. The highest BCUT2D eigenvalue weighted by molar-refractivity contribution is 5.88. The van der Waals surface area contributed by atoms with Crippen molar-refractivity contribution in [1.82, 2.24) is 5.01 Å². The van der Waals surface area contributed by atoms with Crippen LogP contribution in [0.2, 0.25) is 0 Å². The first-order valence-corrected chi connectivity index (χ1v) is 11.3. The number of methoxy groups -OCH3 is 3. The third kappa shape index (κ3) is 3.91. The van der Waals surface area contributed by atoms with Gasteiger partial charge in [-0.15, -0.1) is 0 Å². The Bertz CT molecular complexity index is 1100. The van der Waals surface area contributed by atoms with Crippen molar-refractivity contribution in [3.8, 4) is 28.4 Å². The second-order valence-corrected chi connectivity index (χ2v) is 8.41. The normalized spacial score (nSPS) is 16.0. The summed E-state index contributed by atoms with van der Waals surface area (Å²) in [5, 5.41) is 6.91. The van der Waals surface area contributed by atoms with Crippen molar-refractivity contribution in [2.45, 2.75) is 6.04 Å². The summed E-state index contributed by atoms with van der Waals surface area (Å²) < 4.78 is 16.4.